The van der Waals surface area contributed by atoms with Gasteiger partial charge in [0.15, 0.2) is 0 Å². The van der Waals surface area contributed by atoms with E-state index in [4.69, 9.17) is 59.4 Å². The molecule has 45 heteroatoms. The second kappa shape index (κ2) is 48.7. The number of carboxylic acids is 5. The van der Waals surface area contributed by atoms with Gasteiger partial charge in [-0.25, -0.2) is 24.0 Å². The molecule has 5 aliphatic heterocycles. The molecule has 5 saturated heterocycles. The van der Waals surface area contributed by atoms with Crippen LogP contribution < -0.4 is 21.3 Å². The minimum atomic E-state index is -2.81. The van der Waals surface area contributed by atoms with Gasteiger partial charge in [-0.3, -0.25) is 38.4 Å². The first kappa shape index (κ1) is 110. The maximum Gasteiger partial charge on any atom is 0.364 e. The summed E-state index contributed by atoms with van der Waals surface area (Å²) in [6, 6.07) is -3.19. The van der Waals surface area contributed by atoms with E-state index in [1.54, 1.807) is 55.4 Å². The second-order valence-corrected chi connectivity index (χ2v) is 30.9. The van der Waals surface area contributed by atoms with Crippen molar-refractivity contribution in [2.75, 3.05) is 19.8 Å². The summed E-state index contributed by atoms with van der Waals surface area (Å²) in [6.07, 6.45) is -25.7. The molecule has 4 amide bonds. The minimum absolute atomic E-state index is 0.190. The minimum Gasteiger partial charge on any atom is -0.477 e. The molecular formula is C74H126N4O41. The number of aliphatic carboxylic acids is 5. The Morgan fingerprint density at radius 1 is 0.345 bits per heavy atom. The van der Waals surface area contributed by atoms with Crippen LogP contribution in [-0.2, 0) is 86.0 Å². The number of amides is 4. The maximum atomic E-state index is 12.2. The van der Waals surface area contributed by atoms with Crippen molar-refractivity contribution >= 4 is 76.6 Å². The highest BCUT2D eigenvalue weighted by atomic mass is 16.7. The fourth-order valence-corrected chi connectivity index (χ4v) is 12.9. The Labute approximate surface area is 685 Å². The van der Waals surface area contributed by atoms with Gasteiger partial charge < -0.3 is 162 Å². The number of ketones is 4. The zero-order chi connectivity index (χ0) is 92.4. The molecule has 0 aliphatic carbocycles. The Morgan fingerprint density at radius 2 is 0.580 bits per heavy atom. The Balaban J connectivity index is 0.000000745. The molecular weight excluding hydrogens is 1600 g/mol. The van der Waals surface area contributed by atoms with E-state index in [-0.39, 0.29) is 90.9 Å². The number of hydrogen-bond donors (Lipinski definition) is 27. The van der Waals surface area contributed by atoms with Crippen LogP contribution in [0.5, 0.6) is 0 Å². The summed E-state index contributed by atoms with van der Waals surface area (Å²) >= 11 is 0. The molecule has 0 radical (unpaired) electrons. The average Bonchev–Trinajstić information content (AvgIpc) is 0.791. The van der Waals surface area contributed by atoms with Crippen molar-refractivity contribution in [2.24, 2.45) is 41.4 Å². The molecule has 27 N–H and O–H groups in total. The number of carbonyl (C=O) groups excluding carboxylic acids is 8. The fraction of sp³-hybridized carbons (Fsp3) is 0.824. The van der Waals surface area contributed by atoms with Crippen LogP contribution in [0.2, 0.25) is 0 Å². The molecule has 5 fully saturated rings. The number of hydrogen-bond acceptors (Lipinski definition) is 36. The summed E-state index contributed by atoms with van der Waals surface area (Å²) in [5.74, 6) is -28.2. The first-order valence-corrected chi connectivity index (χ1v) is 38.9. The van der Waals surface area contributed by atoms with Crippen LogP contribution in [0.15, 0.2) is 0 Å². The third-order valence-electron chi connectivity index (χ3n) is 21.6. The number of carbonyl (C=O) groups is 13. The van der Waals surface area contributed by atoms with E-state index in [9.17, 15) is 144 Å². The van der Waals surface area contributed by atoms with Gasteiger partial charge in [0.2, 0.25) is 23.6 Å². The number of nitrogens with one attached hydrogen (secondary N) is 4. The van der Waals surface area contributed by atoms with E-state index < -0.39 is 249 Å². The lowest BCUT2D eigenvalue weighted by atomic mass is 9.79. The first-order valence-electron chi connectivity index (χ1n) is 38.9. The predicted octanol–water partition coefficient (Wildman–Crippen LogP) is -7.37. The Bertz CT molecular complexity index is 3190. The van der Waals surface area contributed by atoms with Gasteiger partial charge in [0.05, 0.1) is 92.4 Å². The molecule has 45 nitrogen and oxygen atoms in total. The van der Waals surface area contributed by atoms with Gasteiger partial charge in [0, 0.05) is 127 Å². The van der Waals surface area contributed by atoms with Crippen molar-refractivity contribution in [3.05, 3.63) is 0 Å². The van der Waals surface area contributed by atoms with E-state index in [0.717, 1.165) is 6.92 Å². The van der Waals surface area contributed by atoms with Crippen LogP contribution in [0, 0.1) is 41.4 Å². The molecule has 688 valence electrons. The van der Waals surface area contributed by atoms with Gasteiger partial charge >= 0.3 is 29.8 Å². The number of rotatable bonds is 36. The van der Waals surface area contributed by atoms with Crippen LogP contribution in [0.25, 0.3) is 0 Å². The van der Waals surface area contributed by atoms with Crippen molar-refractivity contribution in [3.8, 4) is 0 Å². The van der Waals surface area contributed by atoms with Gasteiger partial charge in [0.1, 0.15) is 59.8 Å². The van der Waals surface area contributed by atoms with Crippen LogP contribution >= 0.6 is 0 Å². The Kier molecular flexibility index (Phi) is 45.0. The van der Waals surface area contributed by atoms with Gasteiger partial charge in [0.25, 0.3) is 28.9 Å². The van der Waals surface area contributed by atoms with E-state index >= 15 is 0 Å². The van der Waals surface area contributed by atoms with E-state index in [1.165, 1.54) is 13.8 Å². The number of aliphatic hydroxyl groups excluding tert-OH is 13. The third-order valence-corrected chi connectivity index (χ3v) is 21.6. The van der Waals surface area contributed by atoms with Gasteiger partial charge in [-0.05, 0) is 32.1 Å². The van der Waals surface area contributed by atoms with E-state index in [2.05, 4.69) is 21.3 Å². The molecule has 5 heterocycles. The monoisotopic (exact) mass is 1730 g/mol. The molecule has 0 spiro atoms. The van der Waals surface area contributed by atoms with Gasteiger partial charge in [-0.15, -0.1) is 0 Å². The quantitative estimate of drug-likeness (QED) is 0.0277. The summed E-state index contributed by atoms with van der Waals surface area (Å²) in [5.41, 5.74) is 0. The van der Waals surface area contributed by atoms with Crippen LogP contribution in [0.1, 0.15) is 180 Å². The highest BCUT2D eigenvalue weighted by Crippen LogP contribution is 2.40. The zero-order valence-corrected chi connectivity index (χ0v) is 68.7. The largest absolute Gasteiger partial charge is 0.477 e. The number of ether oxygens (including phenoxy) is 5. The number of carboxylic acid groups (broad SMARTS) is 5. The topological polar surface area (TPSA) is 781 Å². The van der Waals surface area contributed by atoms with E-state index in [1.807, 2.05) is 13.8 Å². The molecule has 5 rings (SSSR count). The highest BCUT2D eigenvalue weighted by Gasteiger charge is 2.59. The Hall–Kier alpha value is -7.01. The smallest absolute Gasteiger partial charge is 0.364 e. The zero-order valence-electron chi connectivity index (χ0n) is 68.7. The third kappa shape index (κ3) is 31.7. The summed E-state index contributed by atoms with van der Waals surface area (Å²) in [7, 11) is 0. The first-order chi connectivity index (χ1) is 54.8. The van der Waals surface area contributed by atoms with Gasteiger partial charge in [-0.2, -0.15) is 0 Å². The molecule has 0 saturated carbocycles. The summed E-state index contributed by atoms with van der Waals surface area (Å²) in [4.78, 5) is 150. The van der Waals surface area contributed by atoms with Crippen molar-refractivity contribution in [3.63, 3.8) is 0 Å². The average molecular weight is 1730 g/mol. The molecule has 0 aromatic heterocycles. The maximum absolute atomic E-state index is 12.2. The van der Waals surface area contributed by atoms with Crippen LogP contribution in [0.4, 0.5) is 0 Å². The molecule has 0 bridgehead atoms. The van der Waals surface area contributed by atoms with Crippen molar-refractivity contribution in [2.45, 2.75) is 325 Å². The lowest BCUT2D eigenvalue weighted by Crippen LogP contribution is -2.67. The molecule has 5 aliphatic rings. The standard InChI is InChI=1S/C16H28N2O9.2C15H26O9.2C14H23NO7/c1-4-7(2)14(23)17-6-10(21)12(22)13-11(18-8(3)19)9(20)5-16(26,27-13)15(24)25;2*1-3-7(2)9(17)4-8-10(18)5-15(23,14(21)22)24-13(8)12(20)11(19)6-16;2*1-4-7(2)9(17)5-11-12(15-8(3)16)10(18)6-14(21,22-11)13(19)20/h7,9-13,20-22,26H,4-6H2,1-3H3,(H,17,23)(H,18,19)(H,24,25);2*7-8,10-13,16,18-20,23H,3-6H2,1-2H3,(H,21,22);2*7,10-12,18,21H,4-6H2,1-3H3,(H,15,16)(H,19,20). The molecule has 119 heavy (non-hydrogen) atoms. The Morgan fingerprint density at radius 3 is 0.840 bits per heavy atom. The predicted molar refractivity (Wildman–Crippen MR) is 399 cm³/mol. The normalized spacial score (nSPS) is 33.2. The number of aliphatic hydroxyl groups is 18. The molecule has 0 aromatic rings. The van der Waals surface area contributed by atoms with Crippen molar-refractivity contribution in [1.82, 2.24) is 21.3 Å². The van der Waals surface area contributed by atoms with Gasteiger partial charge in [-0.1, -0.05) is 69.2 Å². The lowest BCUT2D eigenvalue weighted by molar-refractivity contribution is -0.304. The summed E-state index contributed by atoms with van der Waals surface area (Å²) < 4.78 is 25.4. The molecule has 31 atom stereocenters. The molecule has 31 unspecified atom stereocenters. The van der Waals surface area contributed by atoms with Crippen molar-refractivity contribution < 1.29 is 203 Å². The van der Waals surface area contributed by atoms with Crippen LogP contribution in [-0.4, -0.2) is 359 Å². The summed E-state index contributed by atoms with van der Waals surface area (Å²) in [5, 5.41) is 233. The highest BCUT2D eigenvalue weighted by molar-refractivity contribution is 5.84. The summed E-state index contributed by atoms with van der Waals surface area (Å²) in [6.45, 7) is 19.1. The number of Topliss-reactive ketones (excluding diaryl/α,β-unsaturated/α-hetero) is 4. The van der Waals surface area contributed by atoms with E-state index in [0.29, 0.717) is 32.1 Å². The lowest BCUT2D eigenvalue weighted by Gasteiger charge is -2.44. The van der Waals surface area contributed by atoms with Crippen molar-refractivity contribution in [1.29, 1.82) is 0 Å². The SMILES string of the molecule is CCC(C)C(=O)CC1C(O)CC(O)(C(=O)O)OC1C(O)C(O)CO.CCC(C)C(=O)CC1C(O)CC(O)(C(=O)O)OC1C(O)C(O)CO.CCC(C)C(=O)CC1OC(O)(C(=O)O)CC(O)C1NC(C)=O.CCC(C)C(=O)CC1OC(O)(C(=O)O)CC(O)C1NC(C)=O.CCC(C)C(=O)NCC(O)C(O)C1OC(O)(C(=O)O)CC(O)C1NC(C)=O. The second-order valence-electron chi connectivity index (χ2n) is 30.9. The van der Waals surface area contributed by atoms with Crippen LogP contribution in [0.3, 0.4) is 0 Å². The molecule has 0 aromatic carbocycles. The fourth-order valence-electron chi connectivity index (χ4n) is 12.9.